The Morgan fingerprint density at radius 3 is 2.95 bits per heavy atom. The van der Waals surface area contributed by atoms with Crippen molar-refractivity contribution in [3.63, 3.8) is 0 Å². The topological polar surface area (TPSA) is 112 Å². The number of aromatic nitrogens is 3. The van der Waals surface area contributed by atoms with Gasteiger partial charge in [-0.2, -0.15) is 4.74 Å². The largest absolute Gasteiger partial charge is 0.395 e. The number of anilines is 3. The van der Waals surface area contributed by atoms with E-state index in [0.29, 0.717) is 42.4 Å². The molecule has 1 amide bonds. The zero-order valence-electron chi connectivity index (χ0n) is 12.1. The number of hydrogen-bond donors (Lipinski definition) is 3. The monoisotopic (exact) mass is 338 g/mol. The Bertz CT molecular complexity index is 690. The molecule has 0 spiro atoms. The maximum atomic E-state index is 11.6. The van der Waals surface area contributed by atoms with Crippen molar-refractivity contribution in [1.29, 1.82) is 0 Å². The first kappa shape index (κ1) is 16.4. The van der Waals surface area contributed by atoms with E-state index < -0.39 is 0 Å². The van der Waals surface area contributed by atoms with Crippen LogP contribution in [0, 0.1) is 6.92 Å². The van der Waals surface area contributed by atoms with Crippen molar-refractivity contribution in [3.05, 3.63) is 23.0 Å². The Kier molecular flexibility index (Phi) is 5.88. The van der Waals surface area contributed by atoms with Crippen molar-refractivity contribution in [1.82, 2.24) is 15.0 Å². The van der Waals surface area contributed by atoms with Gasteiger partial charge in [0.1, 0.15) is 22.3 Å². The molecule has 0 atom stereocenters. The Hall–Kier alpha value is -1.96. The molecular formula is C12H15N6O2PS. The summed E-state index contributed by atoms with van der Waals surface area (Å²) in [5.41, 5.74) is 0. The van der Waals surface area contributed by atoms with Gasteiger partial charge in [-0.15, -0.1) is 0 Å². The molecular weight excluding hydrogens is 323 g/mol. The molecule has 8 nitrogen and oxygen atoms in total. The predicted octanol–water partition coefficient (Wildman–Crippen LogP) is 2.29. The highest BCUT2D eigenvalue weighted by molar-refractivity contribution is 7.26. The van der Waals surface area contributed by atoms with Gasteiger partial charge < -0.3 is 15.7 Å². The van der Waals surface area contributed by atoms with E-state index in [1.54, 1.807) is 19.7 Å². The van der Waals surface area contributed by atoms with E-state index in [0.717, 1.165) is 0 Å². The minimum Gasteiger partial charge on any atom is -0.395 e. The SMILES string of the molecule is CP=NC(=O)c1cnc(Nc2cc(NCCO)nc(C)n2)s1. The van der Waals surface area contributed by atoms with E-state index >= 15 is 0 Å². The molecule has 0 saturated heterocycles. The minimum atomic E-state index is -0.279. The van der Waals surface area contributed by atoms with Crippen molar-refractivity contribution in [3.8, 4) is 0 Å². The number of thiazole rings is 1. The zero-order chi connectivity index (χ0) is 15.9. The summed E-state index contributed by atoms with van der Waals surface area (Å²) >= 11 is 1.21. The summed E-state index contributed by atoms with van der Waals surface area (Å²) < 4.78 is 3.79. The van der Waals surface area contributed by atoms with Gasteiger partial charge in [0.05, 0.1) is 12.8 Å². The molecule has 0 unspecified atom stereocenters. The molecule has 116 valence electrons. The third-order valence-corrected chi connectivity index (χ3v) is 3.68. The number of nitrogens with zero attached hydrogens (tertiary/aromatic N) is 4. The lowest BCUT2D eigenvalue weighted by atomic mass is 10.5. The van der Waals surface area contributed by atoms with E-state index in [-0.39, 0.29) is 12.5 Å². The van der Waals surface area contributed by atoms with Crippen LogP contribution in [0.2, 0.25) is 0 Å². The van der Waals surface area contributed by atoms with Gasteiger partial charge in [0.15, 0.2) is 5.13 Å². The number of carbonyl (C=O) groups is 1. The molecule has 0 fully saturated rings. The fraction of sp³-hybridized carbons (Fsp3) is 0.333. The summed E-state index contributed by atoms with van der Waals surface area (Å²) in [6.45, 7) is 3.97. The van der Waals surface area contributed by atoms with Crippen LogP contribution in [0.15, 0.2) is 17.0 Å². The lowest BCUT2D eigenvalue weighted by Crippen LogP contribution is -2.08. The number of aliphatic hydroxyl groups excluding tert-OH is 1. The van der Waals surface area contributed by atoms with Crippen LogP contribution in [-0.2, 0) is 0 Å². The van der Waals surface area contributed by atoms with E-state index in [1.807, 2.05) is 0 Å². The first-order valence-electron chi connectivity index (χ1n) is 6.40. The normalized spacial score (nSPS) is 10.9. The molecule has 3 N–H and O–H groups in total. The summed E-state index contributed by atoms with van der Waals surface area (Å²) in [5.74, 6) is 1.47. The quantitative estimate of drug-likeness (QED) is 0.693. The van der Waals surface area contributed by atoms with Gasteiger partial charge in [-0.05, 0) is 13.6 Å². The Morgan fingerprint density at radius 2 is 2.23 bits per heavy atom. The average molecular weight is 338 g/mol. The van der Waals surface area contributed by atoms with Gasteiger partial charge in [-0.1, -0.05) is 11.3 Å². The second kappa shape index (κ2) is 7.88. The first-order chi connectivity index (χ1) is 10.6. The van der Waals surface area contributed by atoms with E-state index in [2.05, 4.69) is 30.3 Å². The van der Waals surface area contributed by atoms with Gasteiger partial charge in [0.25, 0.3) is 5.91 Å². The van der Waals surface area contributed by atoms with Gasteiger partial charge >= 0.3 is 0 Å². The number of nitrogens with one attached hydrogen (secondary N) is 2. The highest BCUT2D eigenvalue weighted by Gasteiger charge is 2.10. The van der Waals surface area contributed by atoms with Crippen molar-refractivity contribution >= 4 is 42.4 Å². The van der Waals surface area contributed by atoms with Crippen LogP contribution in [0.25, 0.3) is 0 Å². The van der Waals surface area contributed by atoms with Crippen LogP contribution in [0.4, 0.5) is 16.8 Å². The molecule has 10 heteroatoms. The van der Waals surface area contributed by atoms with Crippen molar-refractivity contribution < 1.29 is 9.90 Å². The third kappa shape index (κ3) is 4.52. The molecule has 0 aromatic carbocycles. The minimum absolute atomic E-state index is 0.0179. The van der Waals surface area contributed by atoms with Crippen LogP contribution in [0.3, 0.4) is 0 Å². The highest BCUT2D eigenvalue weighted by atomic mass is 32.1. The molecule has 22 heavy (non-hydrogen) atoms. The lowest BCUT2D eigenvalue weighted by molar-refractivity contribution is 0.101. The Labute approximate surface area is 132 Å². The van der Waals surface area contributed by atoms with Crippen molar-refractivity contribution in [2.24, 2.45) is 4.74 Å². The number of aliphatic hydroxyl groups is 1. The standard InChI is InChI=1S/C12H15N6O2PS/c1-7-15-9(13-3-4-19)5-10(16-7)17-12-14-6-8(22-12)11(20)18-21-2/h5-6,19H,3-4H2,1-2H3,(H2,13,14,15,16,17). The molecule has 0 saturated carbocycles. The van der Waals surface area contributed by atoms with Crippen LogP contribution >= 0.6 is 19.7 Å². The van der Waals surface area contributed by atoms with Gasteiger partial charge in [0, 0.05) is 21.0 Å². The fourth-order valence-corrected chi connectivity index (χ4v) is 2.65. The first-order valence-corrected chi connectivity index (χ1v) is 8.51. The summed E-state index contributed by atoms with van der Waals surface area (Å²) in [5, 5.41) is 15.4. The molecule has 0 aliphatic rings. The molecule has 2 aromatic heterocycles. The maximum absolute atomic E-state index is 11.6. The average Bonchev–Trinajstić information content (AvgIpc) is 2.93. The second-order valence-electron chi connectivity index (χ2n) is 4.10. The molecule has 0 bridgehead atoms. The van der Waals surface area contributed by atoms with Crippen LogP contribution < -0.4 is 10.6 Å². The van der Waals surface area contributed by atoms with Crippen LogP contribution in [0.1, 0.15) is 15.5 Å². The second-order valence-corrected chi connectivity index (χ2v) is 5.73. The molecule has 0 aliphatic carbocycles. The molecule has 0 radical (unpaired) electrons. The van der Waals surface area contributed by atoms with E-state index in [1.165, 1.54) is 17.5 Å². The molecule has 2 aromatic rings. The van der Waals surface area contributed by atoms with Gasteiger partial charge in [-0.25, -0.2) is 15.0 Å². The molecule has 2 rings (SSSR count). The van der Waals surface area contributed by atoms with Crippen LogP contribution in [0.5, 0.6) is 0 Å². The third-order valence-electron chi connectivity index (χ3n) is 2.40. The van der Waals surface area contributed by atoms with Crippen molar-refractivity contribution in [2.75, 3.05) is 30.5 Å². The van der Waals surface area contributed by atoms with Gasteiger partial charge in [0.2, 0.25) is 0 Å². The summed E-state index contributed by atoms with van der Waals surface area (Å²) in [6.07, 6.45) is 1.49. The van der Waals surface area contributed by atoms with E-state index in [4.69, 9.17) is 5.11 Å². The molecule has 2 heterocycles. The maximum Gasteiger partial charge on any atom is 0.292 e. The Morgan fingerprint density at radius 1 is 1.45 bits per heavy atom. The highest BCUT2D eigenvalue weighted by Crippen LogP contribution is 2.23. The fourth-order valence-electron chi connectivity index (χ4n) is 1.59. The summed E-state index contributed by atoms with van der Waals surface area (Å²) in [7, 11) is 0.671. The van der Waals surface area contributed by atoms with Crippen LogP contribution in [-0.4, -0.2) is 45.8 Å². The number of aryl methyl sites for hydroxylation is 1. The zero-order valence-corrected chi connectivity index (χ0v) is 13.8. The Balaban J connectivity index is 2.13. The van der Waals surface area contributed by atoms with Gasteiger partial charge in [-0.3, -0.25) is 4.79 Å². The predicted molar refractivity (Wildman–Crippen MR) is 87.3 cm³/mol. The van der Waals surface area contributed by atoms with E-state index in [9.17, 15) is 4.79 Å². The number of amides is 1. The summed E-state index contributed by atoms with van der Waals surface area (Å²) in [6, 6.07) is 1.71. The smallest absolute Gasteiger partial charge is 0.292 e. The lowest BCUT2D eigenvalue weighted by Gasteiger charge is -2.07. The van der Waals surface area contributed by atoms with Crippen molar-refractivity contribution in [2.45, 2.75) is 6.92 Å². The summed E-state index contributed by atoms with van der Waals surface area (Å²) in [4.78, 5) is 24.7. The number of rotatable bonds is 6. The molecule has 0 aliphatic heterocycles. The number of hydrogen-bond acceptors (Lipinski definition) is 8. The number of carbonyl (C=O) groups excluding carboxylic acids is 1.